The third-order valence-corrected chi connectivity index (χ3v) is 23.9. The Kier molecular flexibility index (Phi) is 13.1. The number of hydrogen-bond donors (Lipinski definition) is 0. The van der Waals surface area contributed by atoms with Crippen LogP contribution < -0.4 is 0 Å². The van der Waals surface area contributed by atoms with E-state index in [-0.39, 0.29) is 0 Å². The summed E-state index contributed by atoms with van der Waals surface area (Å²) in [5, 5.41) is 23.8. The molecule has 22 rings (SSSR count). The number of rotatable bonds is 9. The van der Waals surface area contributed by atoms with Crippen LogP contribution in [0.3, 0.4) is 0 Å². The van der Waals surface area contributed by atoms with Gasteiger partial charge in [0.05, 0.1) is 73.7 Å². The van der Waals surface area contributed by atoms with Gasteiger partial charge in [0, 0.05) is 123 Å². The number of hydrogen-bond acceptors (Lipinski definition) is 5. The molecule has 22 aromatic rings. The van der Waals surface area contributed by atoms with Gasteiger partial charge >= 0.3 is 0 Å². The molecule has 0 aliphatic rings. The zero-order valence-corrected chi connectivity index (χ0v) is 58.2. The smallest absolute Gasteiger partial charge is 0.187 e. The second kappa shape index (κ2) is 23.3. The Labute approximate surface area is 614 Å². The minimum absolute atomic E-state index is 0.629. The Hall–Kier alpha value is -14.0. The summed E-state index contributed by atoms with van der Waals surface area (Å²) in [6, 6.07) is 120. The fourth-order valence-electron chi connectivity index (χ4n) is 16.7. The molecule has 0 atom stereocenters. The topological polar surface area (TPSA) is 73.7 Å². The molecule has 0 aliphatic carbocycles. The van der Waals surface area contributed by atoms with Gasteiger partial charge in [-0.05, 0) is 204 Å². The van der Waals surface area contributed by atoms with Gasteiger partial charge in [0.15, 0.2) is 11.5 Å². The molecule has 10 heteroatoms. The zero-order chi connectivity index (χ0) is 69.8. The van der Waals surface area contributed by atoms with Crippen LogP contribution in [0.2, 0.25) is 0 Å². The third-order valence-electron chi connectivity index (χ3n) is 21.6. The Bertz CT molecular complexity index is 7170. The summed E-state index contributed by atoms with van der Waals surface area (Å²) in [4.78, 5) is 14.6. The van der Waals surface area contributed by atoms with E-state index in [1.165, 1.54) is 83.4 Å². The second-order valence-electron chi connectivity index (χ2n) is 27.4. The molecule has 490 valence electrons. The number of fused-ring (bicyclic) bond motifs is 18. The van der Waals surface area contributed by atoms with Gasteiger partial charge in [-0.3, -0.25) is 0 Å². The fraction of sp³-hybridized carbons (Fsp3) is 0. The Morgan fingerprint density at radius 1 is 0.264 bits per heavy atom. The standard InChI is InChI=1S/C96H54N8S2/c1-98-65-31-35-67(36-32-65)102-85-20-10-6-16-71(85)75-48-60(26-40-89(75)102)62-28-42-91-77(50-62)73-18-8-12-22-87(73)104(91)69-38-46-95-81(54-69)79-52-64(30-44-93(79)106-95)96-99-82(58-13-3-2-4-14-58)55-83(100-96)63-29-43-92-78(51-63)80-53-68(37-45-94(80)105-92)103-86-21-11-7-17-72(86)76-49-61(27-41-90(76)103)59-25-39-88-74(47-59)70-15-5-9-19-84(70)101(88)66-33-23-57(56-97)24-34-66/h2-55H. The van der Waals surface area contributed by atoms with Crippen molar-refractivity contribution in [2.75, 3.05) is 0 Å². The van der Waals surface area contributed by atoms with Crippen molar-refractivity contribution in [1.29, 1.82) is 5.26 Å². The van der Waals surface area contributed by atoms with Crippen LogP contribution in [-0.2, 0) is 0 Å². The molecule has 7 aromatic heterocycles. The van der Waals surface area contributed by atoms with Gasteiger partial charge < -0.3 is 18.3 Å². The lowest BCUT2D eigenvalue weighted by Gasteiger charge is -2.11. The van der Waals surface area contributed by atoms with Crippen LogP contribution in [0.1, 0.15) is 5.56 Å². The number of thiophene rings is 2. The first-order chi connectivity index (χ1) is 52.4. The van der Waals surface area contributed by atoms with E-state index in [2.05, 4.69) is 308 Å². The summed E-state index contributed by atoms with van der Waals surface area (Å²) in [5.74, 6) is 0.670. The Morgan fingerprint density at radius 3 is 1.01 bits per heavy atom. The predicted molar refractivity (Wildman–Crippen MR) is 443 cm³/mol. The van der Waals surface area contributed by atoms with E-state index in [0.717, 1.165) is 117 Å². The van der Waals surface area contributed by atoms with Crippen molar-refractivity contribution in [1.82, 2.24) is 28.2 Å². The summed E-state index contributed by atoms with van der Waals surface area (Å²) in [5.41, 5.74) is 24.0. The molecule has 0 unspecified atom stereocenters. The number of nitrogens with zero attached hydrogens (tertiary/aromatic N) is 8. The minimum atomic E-state index is 0.629. The van der Waals surface area contributed by atoms with E-state index in [1.54, 1.807) is 0 Å². The molecule has 0 radical (unpaired) electrons. The lowest BCUT2D eigenvalue weighted by molar-refractivity contribution is 1.18. The predicted octanol–water partition coefficient (Wildman–Crippen LogP) is 26.4. The lowest BCUT2D eigenvalue weighted by atomic mass is 10.0. The molecule has 0 saturated carbocycles. The largest absolute Gasteiger partial charge is 0.309 e. The van der Waals surface area contributed by atoms with Crippen molar-refractivity contribution >= 4 is 156 Å². The van der Waals surface area contributed by atoms with Crippen molar-refractivity contribution in [3.63, 3.8) is 0 Å². The van der Waals surface area contributed by atoms with Crippen molar-refractivity contribution in [3.8, 4) is 85.0 Å². The van der Waals surface area contributed by atoms with Gasteiger partial charge in [0.2, 0.25) is 0 Å². The van der Waals surface area contributed by atoms with E-state index in [1.807, 2.05) is 71.2 Å². The molecule has 0 bridgehead atoms. The molecule has 0 fully saturated rings. The average Bonchev–Trinajstić information content (AvgIpc) is 1.59. The molecule has 0 N–H and O–H groups in total. The lowest BCUT2D eigenvalue weighted by Crippen LogP contribution is -1.96. The highest BCUT2D eigenvalue weighted by Crippen LogP contribution is 2.46. The van der Waals surface area contributed by atoms with Crippen LogP contribution in [0.5, 0.6) is 0 Å². The van der Waals surface area contributed by atoms with E-state index in [4.69, 9.17) is 16.5 Å². The highest BCUT2D eigenvalue weighted by molar-refractivity contribution is 7.26. The van der Waals surface area contributed by atoms with Gasteiger partial charge in [0.25, 0.3) is 0 Å². The molecular weight excluding hydrogens is 1330 g/mol. The van der Waals surface area contributed by atoms with Crippen molar-refractivity contribution < 1.29 is 0 Å². The Morgan fingerprint density at radius 2 is 0.585 bits per heavy atom. The van der Waals surface area contributed by atoms with Crippen LogP contribution in [0.15, 0.2) is 328 Å². The summed E-state index contributed by atoms with van der Waals surface area (Å²) >= 11 is 3.64. The molecule has 7 heterocycles. The monoisotopic (exact) mass is 1380 g/mol. The van der Waals surface area contributed by atoms with Gasteiger partial charge in [-0.15, -0.1) is 22.7 Å². The molecule has 0 amide bonds. The van der Waals surface area contributed by atoms with E-state index >= 15 is 0 Å². The first-order valence-electron chi connectivity index (χ1n) is 35.4. The first kappa shape index (κ1) is 59.7. The molecule has 0 saturated heterocycles. The Balaban J connectivity index is 0.619. The number of benzene rings is 15. The van der Waals surface area contributed by atoms with Gasteiger partial charge in [-0.25, -0.2) is 14.8 Å². The second-order valence-corrected chi connectivity index (χ2v) is 29.6. The number of aromatic nitrogens is 6. The summed E-state index contributed by atoms with van der Waals surface area (Å²) in [6.45, 7) is 7.54. The molecule has 0 spiro atoms. The van der Waals surface area contributed by atoms with E-state index in [0.29, 0.717) is 17.1 Å². The van der Waals surface area contributed by atoms with Crippen LogP contribution in [0, 0.1) is 17.9 Å². The van der Waals surface area contributed by atoms with Gasteiger partial charge in [0.1, 0.15) is 0 Å². The highest BCUT2D eigenvalue weighted by atomic mass is 32.1. The normalized spacial score (nSPS) is 11.9. The van der Waals surface area contributed by atoms with Crippen LogP contribution in [0.25, 0.3) is 211 Å². The van der Waals surface area contributed by atoms with E-state index < -0.39 is 0 Å². The van der Waals surface area contributed by atoms with Crippen LogP contribution in [-0.4, -0.2) is 28.2 Å². The summed E-state index contributed by atoms with van der Waals surface area (Å²) < 4.78 is 14.3. The molecule has 8 nitrogen and oxygen atoms in total. The van der Waals surface area contributed by atoms with Crippen LogP contribution in [0.4, 0.5) is 5.69 Å². The quantitative estimate of drug-likeness (QED) is 0.135. The molecular formula is C96H54N8S2. The zero-order valence-electron chi connectivity index (χ0n) is 56.6. The molecule has 0 aliphatic heterocycles. The van der Waals surface area contributed by atoms with Crippen molar-refractivity contribution in [3.05, 3.63) is 345 Å². The highest BCUT2D eigenvalue weighted by Gasteiger charge is 2.22. The maximum atomic E-state index is 9.56. The summed E-state index contributed by atoms with van der Waals surface area (Å²) in [7, 11) is 0. The third kappa shape index (κ3) is 9.22. The van der Waals surface area contributed by atoms with Gasteiger partial charge in [-0.2, -0.15) is 5.26 Å². The number of para-hydroxylation sites is 4. The molecule has 15 aromatic carbocycles. The summed E-state index contributed by atoms with van der Waals surface area (Å²) in [6.07, 6.45) is 0. The van der Waals surface area contributed by atoms with Crippen molar-refractivity contribution in [2.24, 2.45) is 0 Å². The molecule has 106 heavy (non-hydrogen) atoms. The van der Waals surface area contributed by atoms with E-state index in [9.17, 15) is 5.26 Å². The minimum Gasteiger partial charge on any atom is -0.309 e. The van der Waals surface area contributed by atoms with Gasteiger partial charge in [-0.1, -0.05) is 146 Å². The maximum Gasteiger partial charge on any atom is 0.187 e. The average molecular weight is 1380 g/mol. The van der Waals surface area contributed by atoms with Crippen LogP contribution >= 0.6 is 22.7 Å². The SMILES string of the molecule is [C-]#[N+]c1ccc(-n2c3ccccc3c3cc(-c4ccc5c(c4)c4ccccc4n5-c4ccc5sc6ccc(-c7nc(-c8ccccc8)cc(-c8ccc9sc%10ccc(-n%11c%12ccccc%12c%12cc(-c%13ccc%14c(c%13)c%13ccccc%13n%14-c%13ccc(C#N)cc%13)ccc%12%11)cc%10c9c8)n7)cc6c5c4)ccc32)cc1. The maximum absolute atomic E-state index is 9.56. The first-order valence-corrected chi connectivity index (χ1v) is 37.0. The number of nitriles is 1. The fourth-order valence-corrected chi connectivity index (χ4v) is 18.8. The van der Waals surface area contributed by atoms with Crippen molar-refractivity contribution in [2.45, 2.75) is 0 Å².